The lowest BCUT2D eigenvalue weighted by Crippen LogP contribution is -2.50. The van der Waals surface area contributed by atoms with Crippen LogP contribution in [0.25, 0.3) is 43.1 Å². The number of hydrogen-bond donors (Lipinski definition) is 4. The maximum atomic E-state index is 13.0. The second-order valence-corrected chi connectivity index (χ2v) is 37.0. The molecule has 10 aromatic rings. The second-order valence-electron chi connectivity index (χ2n) is 37.0. The first kappa shape index (κ1) is 87.7. The summed E-state index contributed by atoms with van der Waals surface area (Å²) in [6.07, 6.45) is 16.5. The maximum absolute atomic E-state index is 13.0. The molecule has 4 aromatic heterocycles. The Morgan fingerprint density at radius 3 is 0.952 bits per heavy atom. The van der Waals surface area contributed by atoms with Gasteiger partial charge in [0.15, 0.2) is 11.6 Å². The number of carbonyl (C=O) groups is 7. The van der Waals surface area contributed by atoms with Gasteiger partial charge >= 0.3 is 30.2 Å². The van der Waals surface area contributed by atoms with Crippen LogP contribution in [-0.2, 0) is 31.8 Å². The van der Waals surface area contributed by atoms with Crippen LogP contribution in [0.2, 0.25) is 0 Å². The number of carboxylic acids is 1. The largest absolute Gasteiger partial charge is 0.477 e. The lowest BCUT2D eigenvalue weighted by Gasteiger charge is -2.37. The van der Waals surface area contributed by atoms with Crippen molar-refractivity contribution in [2.75, 3.05) is 142 Å². The third kappa shape index (κ3) is 21.6. The Morgan fingerprint density at radius 2 is 0.664 bits per heavy atom. The van der Waals surface area contributed by atoms with Crippen molar-refractivity contribution in [3.8, 4) is 0 Å². The molecule has 0 bridgehead atoms. The Balaban J connectivity index is 0.000000129. The van der Waals surface area contributed by atoms with Gasteiger partial charge in [0.1, 0.15) is 39.6 Å². The van der Waals surface area contributed by atoms with E-state index in [0.717, 1.165) is 140 Å². The van der Waals surface area contributed by atoms with Gasteiger partial charge < -0.3 is 75.1 Å². The van der Waals surface area contributed by atoms with Crippen LogP contribution in [0.15, 0.2) is 146 Å². The number of esters is 1. The minimum Gasteiger partial charge on any atom is -0.477 e. The maximum Gasteiger partial charge on any atom is 0.410 e. The number of Topliss-reactive ketones (excluding diaryl/α,β-unsaturated/α-hetero) is 2. The number of nitrogens with one attached hydrogen (secondary N) is 1. The Bertz CT molecular complexity index is 5690. The molecule has 0 unspecified atom stereocenters. The fourth-order valence-electron chi connectivity index (χ4n) is 17.2. The third-order valence-electron chi connectivity index (χ3n) is 24.0. The Hall–Kier alpha value is -12.2. The third-order valence-corrected chi connectivity index (χ3v) is 24.0. The van der Waals surface area contributed by atoms with Crippen LogP contribution >= 0.6 is 0 Å². The number of rotatable bonds is 17. The van der Waals surface area contributed by atoms with Crippen LogP contribution in [0.4, 0.5) is 48.5 Å². The number of hydrogen-bond acceptors (Lipinski definition) is 22. The van der Waals surface area contributed by atoms with Gasteiger partial charge in [0.2, 0.25) is 0 Å². The van der Waals surface area contributed by atoms with Crippen molar-refractivity contribution >= 4 is 119 Å². The number of nitrogens with zero attached hydrogens (tertiary/aromatic N) is 11. The predicted octanol–water partition coefficient (Wildman–Crippen LogP) is 16.9. The van der Waals surface area contributed by atoms with Crippen LogP contribution in [-0.4, -0.2) is 210 Å². The summed E-state index contributed by atoms with van der Waals surface area (Å²) < 4.78 is 21.6. The van der Waals surface area contributed by atoms with Gasteiger partial charge in [-0.2, -0.15) is 0 Å². The number of ether oxygens (including phenoxy) is 4. The van der Waals surface area contributed by atoms with Crippen LogP contribution < -0.4 is 36.4 Å². The second kappa shape index (κ2) is 37.3. The molecule has 8 fully saturated rings. The molecule has 0 spiro atoms. The van der Waals surface area contributed by atoms with E-state index in [0.29, 0.717) is 98.0 Å². The smallest absolute Gasteiger partial charge is 0.410 e. The molecule has 4 saturated heterocycles. The van der Waals surface area contributed by atoms with E-state index >= 15 is 0 Å². The number of carbonyl (C=O) groups excluding carboxylic acids is 6. The van der Waals surface area contributed by atoms with Crippen LogP contribution in [0.3, 0.4) is 0 Å². The van der Waals surface area contributed by atoms with E-state index in [1.165, 1.54) is 76.1 Å². The van der Waals surface area contributed by atoms with Crippen molar-refractivity contribution < 1.29 is 57.6 Å². The van der Waals surface area contributed by atoms with Gasteiger partial charge in [0.25, 0.3) is 0 Å². The van der Waals surface area contributed by atoms with E-state index < -0.39 is 22.8 Å². The molecule has 4 aliphatic heterocycles. The highest BCUT2D eigenvalue weighted by Crippen LogP contribution is 2.52. The minimum atomic E-state index is -1.01. The number of benzene rings is 6. The number of aromatic nitrogens is 4. The summed E-state index contributed by atoms with van der Waals surface area (Å²) in [5, 5.41) is 21.1. The van der Waals surface area contributed by atoms with Gasteiger partial charge in [-0.1, -0.05) is 60.7 Å². The summed E-state index contributed by atoms with van der Waals surface area (Å²) in [6.45, 7) is 31.5. The summed E-state index contributed by atoms with van der Waals surface area (Å²) in [6, 6.07) is 39.2. The van der Waals surface area contributed by atoms with E-state index in [2.05, 4.69) is 87.3 Å². The van der Waals surface area contributed by atoms with E-state index in [-0.39, 0.29) is 54.4 Å². The molecule has 125 heavy (non-hydrogen) atoms. The van der Waals surface area contributed by atoms with Crippen molar-refractivity contribution in [3.63, 3.8) is 0 Å². The Labute approximate surface area is 731 Å². The highest BCUT2D eigenvalue weighted by Gasteiger charge is 2.38. The number of pyridine rings is 4. The average molecular weight is 1700 g/mol. The molecule has 8 heterocycles. The zero-order valence-electron chi connectivity index (χ0n) is 73.8. The lowest BCUT2D eigenvalue weighted by atomic mass is 9.97. The Kier molecular flexibility index (Phi) is 26.2. The number of fused-ring (bicyclic) bond motifs is 4. The topological polar surface area (TPSA) is 315 Å². The summed E-state index contributed by atoms with van der Waals surface area (Å²) in [7, 11) is 0. The summed E-state index contributed by atoms with van der Waals surface area (Å²) in [5.74, 6) is 0.722. The van der Waals surface area contributed by atoms with Crippen LogP contribution in [0, 0.1) is 0 Å². The van der Waals surface area contributed by atoms with Gasteiger partial charge in [-0.15, -0.1) is 0 Å². The fourth-order valence-corrected chi connectivity index (χ4v) is 17.2. The molecular weight excluding hydrogens is 1580 g/mol. The first-order valence-corrected chi connectivity index (χ1v) is 44.4. The zero-order chi connectivity index (χ0) is 88.2. The molecular formula is C99H118N14O12. The van der Waals surface area contributed by atoms with E-state index in [4.69, 9.17) is 30.4 Å². The molecule has 3 amide bonds. The van der Waals surface area contributed by atoms with Crippen molar-refractivity contribution in [1.82, 2.24) is 40.0 Å². The minimum absolute atomic E-state index is 0.00366. The quantitative estimate of drug-likeness (QED) is 0.0285. The first-order chi connectivity index (χ1) is 59.9. The zero-order valence-corrected chi connectivity index (χ0v) is 73.8. The number of carboxylic acid groups (broad SMARTS) is 1. The van der Waals surface area contributed by atoms with E-state index in [1.807, 2.05) is 154 Å². The number of anilines is 6. The first-order valence-electron chi connectivity index (χ1n) is 44.4. The molecule has 8 aliphatic rings. The molecule has 656 valence electrons. The lowest BCUT2D eigenvalue weighted by molar-refractivity contribution is 0.0230. The summed E-state index contributed by atoms with van der Waals surface area (Å²) >= 11 is 0. The number of piperazine rings is 4. The standard InChI is InChI=1S/C29H34N4O3.C24H26N4O.C24H31N3O4.C22H27N3O4/c1-29(2,3)36-28(35)33-14-12-32(13-15-33)25-11-10-20-16-24(31-18-22(20)27(25)19-8-9-19)26(34)17-21-6-4-5-7-23(21)30;25-20-4-2-1-3-18(20)14-23(29)21-13-17-7-8-22(28-11-9-26-10-12-28)24(16-5-6-16)19(17)15-27-21;1-5-30-22(28)19-14-17-8-9-20(21(16-6-7-16)18(17)15-25-19)26-10-12-27(13-11-26)23(29)31-24(2,3)4;1-22(2,3)29-21(28)25-10-8-24(9-11-25)18-7-6-15-12-17(20(26)27)23-13-16(15)19(18)14-4-5-14/h4-7,10-11,16,18-19H,8-9,12-15,17,30H2,1-3H3;1-4,7-8,13,15-16,26H,5-6,9-12,14,25H2;8-9,14-16H,5-7,10-13H2,1-4H3;6-7,12-14H,4-5,8-11H2,1-3H3,(H,26,27). The number of nitrogens with two attached hydrogens (primary N) is 2. The van der Waals surface area contributed by atoms with Crippen molar-refractivity contribution in [3.05, 3.63) is 202 Å². The van der Waals surface area contributed by atoms with Gasteiger partial charge in [-0.25, -0.2) is 33.9 Å². The molecule has 26 nitrogen and oxygen atoms in total. The van der Waals surface area contributed by atoms with E-state index in [9.17, 15) is 38.7 Å². The number of nitrogen functional groups attached to an aromatic ring is 2. The van der Waals surface area contributed by atoms with Gasteiger partial charge in [-0.3, -0.25) is 19.6 Å². The molecule has 6 aromatic carbocycles. The van der Waals surface area contributed by atoms with Crippen LogP contribution in [0.5, 0.6) is 0 Å². The fraction of sp³-hybridized carbons (Fsp3) is 0.444. The van der Waals surface area contributed by atoms with Gasteiger partial charge in [0, 0.05) is 198 Å². The van der Waals surface area contributed by atoms with Crippen LogP contribution in [0.1, 0.15) is 220 Å². The number of amides is 3. The SMILES string of the molecule is CC(C)(C)OC(=O)N1CCN(c2ccc3cc(C(=O)Cc4ccccc4N)ncc3c2C2CC2)CC1.CC(C)(C)OC(=O)N1CCN(c2ccc3cc(C(=O)O)ncc3c2C2CC2)CC1.CCOC(=O)c1cc2ccc(N3CCN(C(=O)OC(C)(C)C)CC3)c(C3CC3)c2cn1.Nc1ccccc1CC(=O)c1cc2ccc(N3CCNCC3)c(C3CC3)c2cn1. The molecule has 18 rings (SSSR count). The van der Waals surface area contributed by atoms with Gasteiger partial charge in [-0.05, 0) is 260 Å². The number of aromatic carboxylic acids is 1. The molecule has 6 N–H and O–H groups in total. The average Bonchev–Trinajstić information content (AvgIpc) is 1.69. The molecule has 0 radical (unpaired) electrons. The number of para-hydroxylation sites is 2. The highest BCUT2D eigenvalue weighted by molar-refractivity contribution is 6.03. The summed E-state index contributed by atoms with van der Waals surface area (Å²) in [4.78, 5) is 119. The summed E-state index contributed by atoms with van der Waals surface area (Å²) in [5.41, 5.74) is 25.2. The highest BCUT2D eigenvalue weighted by atomic mass is 16.6. The van der Waals surface area contributed by atoms with Crippen molar-refractivity contribution in [1.29, 1.82) is 0 Å². The molecule has 4 aliphatic carbocycles. The molecule has 0 atom stereocenters. The van der Waals surface area contributed by atoms with Crippen molar-refractivity contribution in [2.45, 2.75) is 174 Å². The number of ketones is 2. The normalized spacial score (nSPS) is 16.9. The van der Waals surface area contributed by atoms with Gasteiger partial charge in [0.05, 0.1) is 6.61 Å². The monoisotopic (exact) mass is 1690 g/mol. The van der Waals surface area contributed by atoms with Crippen molar-refractivity contribution in [2.24, 2.45) is 0 Å². The molecule has 26 heteroatoms. The van der Waals surface area contributed by atoms with E-state index in [1.54, 1.807) is 33.9 Å². The predicted molar refractivity (Wildman–Crippen MR) is 491 cm³/mol. The molecule has 4 saturated carbocycles. The Morgan fingerprint density at radius 1 is 0.384 bits per heavy atom.